The van der Waals surface area contributed by atoms with E-state index in [1.807, 2.05) is 11.8 Å². The average molecular weight is 232 g/mol. The van der Waals surface area contributed by atoms with Gasteiger partial charge >= 0.3 is 0 Å². The molecule has 0 aliphatic carbocycles. The SMILES string of the molecule is CC(C)(C)SCC(NN)C1CCCOC1. The van der Waals surface area contributed by atoms with Gasteiger partial charge < -0.3 is 4.74 Å². The molecular weight excluding hydrogens is 208 g/mol. The lowest BCUT2D eigenvalue weighted by molar-refractivity contribution is 0.0427. The molecule has 1 aliphatic heterocycles. The van der Waals surface area contributed by atoms with Crippen molar-refractivity contribution in [1.29, 1.82) is 0 Å². The summed E-state index contributed by atoms with van der Waals surface area (Å²) in [5.74, 6) is 7.26. The van der Waals surface area contributed by atoms with Crippen LogP contribution in [0.2, 0.25) is 0 Å². The molecule has 2 unspecified atom stereocenters. The van der Waals surface area contributed by atoms with E-state index in [1.54, 1.807) is 0 Å². The van der Waals surface area contributed by atoms with Crippen molar-refractivity contribution < 1.29 is 4.74 Å². The Morgan fingerprint density at radius 2 is 2.27 bits per heavy atom. The van der Waals surface area contributed by atoms with Crippen LogP contribution in [-0.2, 0) is 4.74 Å². The molecule has 2 atom stereocenters. The number of ether oxygens (including phenoxy) is 1. The molecule has 1 heterocycles. The Bertz CT molecular complexity index is 176. The van der Waals surface area contributed by atoms with Gasteiger partial charge in [0.2, 0.25) is 0 Å². The maximum absolute atomic E-state index is 5.61. The Morgan fingerprint density at radius 1 is 1.53 bits per heavy atom. The Balaban J connectivity index is 2.34. The molecule has 0 spiro atoms. The molecule has 0 bridgehead atoms. The molecule has 1 rings (SSSR count). The fraction of sp³-hybridized carbons (Fsp3) is 1.00. The average Bonchev–Trinajstić information content (AvgIpc) is 2.19. The molecular formula is C11H24N2OS. The summed E-state index contributed by atoms with van der Waals surface area (Å²) in [5, 5.41) is 0. The van der Waals surface area contributed by atoms with E-state index in [0.717, 1.165) is 19.0 Å². The van der Waals surface area contributed by atoms with Gasteiger partial charge in [-0.2, -0.15) is 11.8 Å². The molecule has 0 radical (unpaired) electrons. The summed E-state index contributed by atoms with van der Waals surface area (Å²) in [6, 6.07) is 0.384. The molecule has 1 fully saturated rings. The molecule has 0 saturated carbocycles. The highest BCUT2D eigenvalue weighted by Crippen LogP contribution is 2.27. The van der Waals surface area contributed by atoms with Gasteiger partial charge in [-0.3, -0.25) is 11.3 Å². The first-order valence-corrected chi connectivity index (χ1v) is 6.69. The number of rotatable bonds is 4. The van der Waals surface area contributed by atoms with Gasteiger partial charge in [0.15, 0.2) is 0 Å². The van der Waals surface area contributed by atoms with Crippen molar-refractivity contribution in [2.24, 2.45) is 11.8 Å². The lowest BCUT2D eigenvalue weighted by atomic mass is 9.95. The second-order valence-corrected chi connectivity index (χ2v) is 7.02. The zero-order valence-electron chi connectivity index (χ0n) is 10.1. The van der Waals surface area contributed by atoms with Gasteiger partial charge in [0, 0.05) is 23.1 Å². The van der Waals surface area contributed by atoms with E-state index in [2.05, 4.69) is 26.2 Å². The summed E-state index contributed by atoms with van der Waals surface area (Å²) in [4.78, 5) is 0. The van der Waals surface area contributed by atoms with E-state index in [4.69, 9.17) is 10.6 Å². The standard InChI is InChI=1S/C11H24N2OS/c1-11(2,3)15-8-10(13-12)9-5-4-6-14-7-9/h9-10,13H,4-8,12H2,1-3H3. The summed E-state index contributed by atoms with van der Waals surface area (Å²) in [5.41, 5.74) is 2.94. The van der Waals surface area contributed by atoms with E-state index < -0.39 is 0 Å². The van der Waals surface area contributed by atoms with Crippen molar-refractivity contribution in [3.05, 3.63) is 0 Å². The highest BCUT2D eigenvalue weighted by molar-refractivity contribution is 8.00. The number of nitrogens with one attached hydrogen (secondary N) is 1. The van der Waals surface area contributed by atoms with E-state index in [9.17, 15) is 0 Å². The Kier molecular flexibility index (Phi) is 5.39. The number of thioether (sulfide) groups is 1. The third-order valence-electron chi connectivity index (χ3n) is 2.67. The van der Waals surface area contributed by atoms with Crippen LogP contribution in [0.4, 0.5) is 0 Å². The predicted octanol–water partition coefficient (Wildman–Crippen LogP) is 1.78. The van der Waals surface area contributed by atoms with Gasteiger partial charge in [-0.1, -0.05) is 20.8 Å². The summed E-state index contributed by atoms with van der Waals surface area (Å²) in [6.45, 7) is 8.49. The molecule has 0 amide bonds. The first-order chi connectivity index (χ1) is 7.03. The summed E-state index contributed by atoms with van der Waals surface area (Å²) >= 11 is 1.96. The normalized spacial score (nSPS) is 25.2. The smallest absolute Gasteiger partial charge is 0.0509 e. The van der Waals surface area contributed by atoms with Crippen molar-refractivity contribution >= 4 is 11.8 Å². The minimum atomic E-state index is 0.310. The fourth-order valence-corrected chi connectivity index (χ4v) is 2.79. The van der Waals surface area contributed by atoms with E-state index in [-0.39, 0.29) is 0 Å². The van der Waals surface area contributed by atoms with Crippen LogP contribution in [0.15, 0.2) is 0 Å². The molecule has 15 heavy (non-hydrogen) atoms. The third-order valence-corrected chi connectivity index (χ3v) is 4.07. The quantitative estimate of drug-likeness (QED) is 0.573. The molecule has 4 heteroatoms. The van der Waals surface area contributed by atoms with Crippen LogP contribution in [0.3, 0.4) is 0 Å². The van der Waals surface area contributed by atoms with Crippen molar-refractivity contribution in [1.82, 2.24) is 5.43 Å². The second-order valence-electron chi connectivity index (χ2n) is 5.17. The van der Waals surface area contributed by atoms with Gasteiger partial charge in [-0.05, 0) is 18.8 Å². The van der Waals surface area contributed by atoms with Crippen molar-refractivity contribution in [3.63, 3.8) is 0 Å². The summed E-state index contributed by atoms with van der Waals surface area (Å²) in [7, 11) is 0. The van der Waals surface area contributed by atoms with E-state index >= 15 is 0 Å². The van der Waals surface area contributed by atoms with Gasteiger partial charge in [0.25, 0.3) is 0 Å². The number of hydrazine groups is 1. The first kappa shape index (κ1) is 13.3. The Morgan fingerprint density at radius 3 is 2.73 bits per heavy atom. The first-order valence-electron chi connectivity index (χ1n) is 5.71. The zero-order chi connectivity index (χ0) is 11.3. The Labute approximate surface area is 97.5 Å². The van der Waals surface area contributed by atoms with Crippen LogP contribution < -0.4 is 11.3 Å². The lowest BCUT2D eigenvalue weighted by Gasteiger charge is -2.31. The molecule has 0 aromatic carbocycles. The molecule has 3 N–H and O–H groups in total. The fourth-order valence-electron chi connectivity index (χ4n) is 1.74. The van der Waals surface area contributed by atoms with Crippen molar-refractivity contribution in [2.75, 3.05) is 19.0 Å². The Hall–Kier alpha value is 0.230. The minimum absolute atomic E-state index is 0.310. The summed E-state index contributed by atoms with van der Waals surface area (Å²) < 4.78 is 5.80. The molecule has 1 aliphatic rings. The van der Waals surface area contributed by atoms with Gasteiger partial charge in [-0.15, -0.1) is 0 Å². The number of hydrogen-bond acceptors (Lipinski definition) is 4. The lowest BCUT2D eigenvalue weighted by Crippen LogP contribution is -2.46. The maximum Gasteiger partial charge on any atom is 0.0509 e. The van der Waals surface area contributed by atoms with Gasteiger partial charge in [-0.25, -0.2) is 0 Å². The monoisotopic (exact) mass is 232 g/mol. The van der Waals surface area contributed by atoms with Crippen LogP contribution in [-0.4, -0.2) is 29.8 Å². The summed E-state index contributed by atoms with van der Waals surface area (Å²) in [6.07, 6.45) is 2.41. The van der Waals surface area contributed by atoms with Gasteiger partial charge in [0.05, 0.1) is 6.61 Å². The van der Waals surface area contributed by atoms with Gasteiger partial charge in [0.1, 0.15) is 0 Å². The third kappa shape index (κ3) is 5.20. The number of hydrogen-bond donors (Lipinski definition) is 2. The van der Waals surface area contributed by atoms with Crippen LogP contribution >= 0.6 is 11.8 Å². The van der Waals surface area contributed by atoms with Crippen LogP contribution in [0.1, 0.15) is 33.6 Å². The predicted molar refractivity (Wildman–Crippen MR) is 66.9 cm³/mol. The number of nitrogens with two attached hydrogens (primary N) is 1. The molecule has 90 valence electrons. The van der Waals surface area contributed by atoms with Crippen molar-refractivity contribution in [2.45, 2.75) is 44.4 Å². The largest absolute Gasteiger partial charge is 0.381 e. The maximum atomic E-state index is 5.61. The topological polar surface area (TPSA) is 47.3 Å². The van der Waals surface area contributed by atoms with Crippen LogP contribution in [0.5, 0.6) is 0 Å². The molecule has 0 aromatic heterocycles. The molecule has 0 aromatic rings. The molecule has 1 saturated heterocycles. The second kappa shape index (κ2) is 6.09. The zero-order valence-corrected chi connectivity index (χ0v) is 10.9. The highest BCUT2D eigenvalue weighted by atomic mass is 32.2. The highest BCUT2D eigenvalue weighted by Gasteiger charge is 2.25. The van der Waals surface area contributed by atoms with Crippen LogP contribution in [0, 0.1) is 5.92 Å². The molecule has 3 nitrogen and oxygen atoms in total. The van der Waals surface area contributed by atoms with Crippen LogP contribution in [0.25, 0.3) is 0 Å². The van der Waals surface area contributed by atoms with E-state index in [1.165, 1.54) is 12.8 Å². The van der Waals surface area contributed by atoms with Crippen molar-refractivity contribution in [3.8, 4) is 0 Å². The van der Waals surface area contributed by atoms with E-state index in [0.29, 0.717) is 16.7 Å². The minimum Gasteiger partial charge on any atom is -0.381 e.